The number of hydrogen-bond acceptors (Lipinski definition) is 2. The van der Waals surface area contributed by atoms with Gasteiger partial charge >= 0.3 is 5.97 Å². The lowest BCUT2D eigenvalue weighted by atomic mass is 10.1. The fourth-order valence-corrected chi connectivity index (χ4v) is 2.84. The first kappa shape index (κ1) is 11.4. The Hall–Kier alpha value is -1.06. The van der Waals surface area contributed by atoms with E-state index in [1.807, 2.05) is 0 Å². The summed E-state index contributed by atoms with van der Waals surface area (Å²) in [5, 5.41) is 11.9. The van der Waals surface area contributed by atoms with E-state index in [0.29, 0.717) is 12.8 Å². The van der Waals surface area contributed by atoms with E-state index in [9.17, 15) is 9.59 Å². The molecule has 0 heterocycles. The maximum atomic E-state index is 11.8. The predicted octanol–water partition coefficient (Wildman–Crippen LogP) is 1.55. The van der Waals surface area contributed by atoms with Gasteiger partial charge in [-0.25, -0.2) is 0 Å². The molecule has 4 heteroatoms. The molecule has 0 bridgehead atoms. The number of aliphatic carboxylic acids is 1. The quantitative estimate of drug-likeness (QED) is 0.765. The summed E-state index contributed by atoms with van der Waals surface area (Å²) in [6, 6.07) is 0.0919. The van der Waals surface area contributed by atoms with Crippen molar-refractivity contribution in [2.75, 3.05) is 0 Å². The third-order valence-corrected chi connectivity index (χ3v) is 3.85. The van der Waals surface area contributed by atoms with Crippen molar-refractivity contribution >= 4 is 11.9 Å². The highest BCUT2D eigenvalue weighted by Gasteiger charge is 2.32. The first-order valence-corrected chi connectivity index (χ1v) is 6.20. The van der Waals surface area contributed by atoms with Gasteiger partial charge in [0.25, 0.3) is 0 Å². The highest BCUT2D eigenvalue weighted by atomic mass is 16.4. The Morgan fingerprint density at radius 2 is 1.69 bits per heavy atom. The van der Waals surface area contributed by atoms with Gasteiger partial charge < -0.3 is 10.4 Å². The number of amides is 1. The summed E-state index contributed by atoms with van der Waals surface area (Å²) < 4.78 is 0. The summed E-state index contributed by atoms with van der Waals surface area (Å²) >= 11 is 0. The molecule has 2 atom stereocenters. The minimum absolute atomic E-state index is 0.0919. The predicted molar refractivity (Wildman–Crippen MR) is 58.9 cm³/mol. The van der Waals surface area contributed by atoms with Crippen LogP contribution in [-0.2, 0) is 9.59 Å². The second kappa shape index (κ2) is 4.85. The van der Waals surface area contributed by atoms with Gasteiger partial charge in [-0.3, -0.25) is 9.59 Å². The van der Waals surface area contributed by atoms with Gasteiger partial charge in [-0.2, -0.15) is 0 Å². The van der Waals surface area contributed by atoms with Gasteiger partial charge in [0.1, 0.15) is 0 Å². The lowest BCUT2D eigenvalue weighted by Crippen LogP contribution is -2.37. The zero-order chi connectivity index (χ0) is 11.5. The van der Waals surface area contributed by atoms with Crippen molar-refractivity contribution in [3.8, 4) is 0 Å². The lowest BCUT2D eigenvalue weighted by Gasteiger charge is -2.15. The smallest absolute Gasteiger partial charge is 0.306 e. The standard InChI is InChI=1S/C12H19NO3/c14-11(8-3-1-2-4-8)13-10-6-5-9(7-10)12(15)16/h8-10H,1-7H2,(H,13,14)(H,15,16)/t9-,10+/m1/s1. The molecule has 2 fully saturated rings. The number of nitrogens with one attached hydrogen (secondary N) is 1. The van der Waals surface area contributed by atoms with Crippen LogP contribution >= 0.6 is 0 Å². The Kier molecular flexibility index (Phi) is 3.46. The first-order valence-electron chi connectivity index (χ1n) is 6.20. The fraction of sp³-hybridized carbons (Fsp3) is 0.833. The molecule has 2 N–H and O–H groups in total. The molecular formula is C12H19NO3. The van der Waals surface area contributed by atoms with Crippen LogP contribution in [0.5, 0.6) is 0 Å². The molecule has 2 aliphatic rings. The zero-order valence-corrected chi connectivity index (χ0v) is 9.45. The van der Waals surface area contributed by atoms with Crippen molar-refractivity contribution in [1.82, 2.24) is 5.32 Å². The maximum Gasteiger partial charge on any atom is 0.306 e. The van der Waals surface area contributed by atoms with Crippen molar-refractivity contribution in [3.63, 3.8) is 0 Å². The molecule has 0 radical (unpaired) electrons. The summed E-state index contributed by atoms with van der Waals surface area (Å²) in [5.41, 5.74) is 0. The van der Waals surface area contributed by atoms with Crippen LogP contribution in [0, 0.1) is 11.8 Å². The average Bonchev–Trinajstić information content (AvgIpc) is 2.87. The van der Waals surface area contributed by atoms with Crippen LogP contribution < -0.4 is 5.32 Å². The van der Waals surface area contributed by atoms with Crippen LogP contribution in [-0.4, -0.2) is 23.0 Å². The minimum Gasteiger partial charge on any atom is -0.481 e. The van der Waals surface area contributed by atoms with Gasteiger partial charge in [-0.1, -0.05) is 12.8 Å². The summed E-state index contributed by atoms with van der Waals surface area (Å²) in [5.74, 6) is -0.649. The molecule has 2 aliphatic carbocycles. The topological polar surface area (TPSA) is 66.4 Å². The summed E-state index contributed by atoms with van der Waals surface area (Å²) in [6.45, 7) is 0. The monoisotopic (exact) mass is 225 g/mol. The fourth-order valence-electron chi connectivity index (χ4n) is 2.84. The number of carbonyl (C=O) groups excluding carboxylic acids is 1. The number of rotatable bonds is 3. The van der Waals surface area contributed by atoms with Gasteiger partial charge in [0, 0.05) is 12.0 Å². The number of carbonyl (C=O) groups is 2. The van der Waals surface area contributed by atoms with Crippen molar-refractivity contribution in [3.05, 3.63) is 0 Å². The number of carboxylic acids is 1. The Morgan fingerprint density at radius 3 is 2.25 bits per heavy atom. The van der Waals surface area contributed by atoms with Crippen LogP contribution in [0.3, 0.4) is 0 Å². The highest BCUT2D eigenvalue weighted by molar-refractivity contribution is 5.79. The van der Waals surface area contributed by atoms with Crippen LogP contribution in [0.1, 0.15) is 44.9 Å². The van der Waals surface area contributed by atoms with Crippen LogP contribution in [0.4, 0.5) is 0 Å². The zero-order valence-electron chi connectivity index (χ0n) is 9.45. The second-order valence-electron chi connectivity index (χ2n) is 5.04. The largest absolute Gasteiger partial charge is 0.481 e. The van der Waals surface area contributed by atoms with E-state index in [1.54, 1.807) is 0 Å². The van der Waals surface area contributed by atoms with Crippen LogP contribution in [0.2, 0.25) is 0 Å². The molecule has 1 amide bonds. The second-order valence-corrected chi connectivity index (χ2v) is 5.04. The average molecular weight is 225 g/mol. The minimum atomic E-state index is -0.724. The third kappa shape index (κ3) is 2.54. The molecule has 0 aromatic heterocycles. The van der Waals surface area contributed by atoms with Crippen molar-refractivity contribution in [2.45, 2.75) is 51.0 Å². The van der Waals surface area contributed by atoms with E-state index >= 15 is 0 Å². The molecule has 0 unspecified atom stereocenters. The van der Waals surface area contributed by atoms with Gasteiger partial charge in [-0.15, -0.1) is 0 Å². The molecule has 2 saturated carbocycles. The Morgan fingerprint density at radius 1 is 1.00 bits per heavy atom. The Balaban J connectivity index is 1.78. The highest BCUT2D eigenvalue weighted by Crippen LogP contribution is 2.28. The van der Waals surface area contributed by atoms with Crippen LogP contribution in [0.25, 0.3) is 0 Å². The van der Waals surface area contributed by atoms with E-state index in [1.165, 1.54) is 0 Å². The van der Waals surface area contributed by atoms with E-state index in [4.69, 9.17) is 5.11 Å². The van der Waals surface area contributed by atoms with E-state index in [0.717, 1.165) is 32.1 Å². The molecule has 16 heavy (non-hydrogen) atoms. The van der Waals surface area contributed by atoms with Gasteiger partial charge in [0.2, 0.25) is 5.91 Å². The number of carboxylic acid groups (broad SMARTS) is 1. The SMILES string of the molecule is O=C(N[C@H]1CC[C@@H](C(=O)O)C1)C1CCCC1. The number of hydrogen-bond donors (Lipinski definition) is 2. The summed E-state index contributed by atoms with van der Waals surface area (Å²) in [4.78, 5) is 22.6. The Labute approximate surface area is 95.4 Å². The van der Waals surface area contributed by atoms with E-state index in [-0.39, 0.29) is 23.8 Å². The molecule has 2 rings (SSSR count). The first-order chi connectivity index (χ1) is 7.66. The molecule has 0 aromatic rings. The molecule has 0 aliphatic heterocycles. The summed E-state index contributed by atoms with van der Waals surface area (Å²) in [6.07, 6.45) is 6.43. The lowest BCUT2D eigenvalue weighted by molar-refractivity contribution is -0.141. The van der Waals surface area contributed by atoms with Gasteiger partial charge in [0.15, 0.2) is 0 Å². The van der Waals surface area contributed by atoms with Crippen molar-refractivity contribution < 1.29 is 14.7 Å². The molecule has 90 valence electrons. The maximum absolute atomic E-state index is 11.8. The molecule has 0 spiro atoms. The summed E-state index contributed by atoms with van der Waals surface area (Å²) in [7, 11) is 0. The van der Waals surface area contributed by atoms with E-state index in [2.05, 4.69) is 5.32 Å². The van der Waals surface area contributed by atoms with Gasteiger partial charge in [0.05, 0.1) is 5.92 Å². The molecule has 0 saturated heterocycles. The van der Waals surface area contributed by atoms with E-state index < -0.39 is 5.97 Å². The van der Waals surface area contributed by atoms with Crippen molar-refractivity contribution in [2.24, 2.45) is 11.8 Å². The molecular weight excluding hydrogens is 206 g/mol. The molecule has 0 aromatic carbocycles. The van der Waals surface area contributed by atoms with Crippen LogP contribution in [0.15, 0.2) is 0 Å². The van der Waals surface area contributed by atoms with Crippen molar-refractivity contribution in [1.29, 1.82) is 0 Å². The normalized spacial score (nSPS) is 30.5. The van der Waals surface area contributed by atoms with Gasteiger partial charge in [-0.05, 0) is 32.1 Å². The third-order valence-electron chi connectivity index (χ3n) is 3.85. The Bertz CT molecular complexity index is 284. The molecule has 4 nitrogen and oxygen atoms in total.